The number of aromatic nitrogens is 1. The van der Waals surface area contributed by atoms with Crippen molar-refractivity contribution >= 4 is 27.1 Å². The zero-order valence-corrected chi connectivity index (χ0v) is 18.3. The van der Waals surface area contributed by atoms with Crippen molar-refractivity contribution in [1.82, 2.24) is 15.2 Å². The molecular formula is C18H32N4O2S2. The summed E-state index contributed by atoms with van der Waals surface area (Å²) in [7, 11) is -1.19. The first kappa shape index (κ1) is 21.2. The van der Waals surface area contributed by atoms with Gasteiger partial charge in [-0.1, -0.05) is 0 Å². The first-order valence-corrected chi connectivity index (χ1v) is 11.8. The van der Waals surface area contributed by atoms with Crippen molar-refractivity contribution in [2.24, 2.45) is 4.99 Å². The number of hydrogen-bond donors (Lipinski definition) is 1. The Hall–Kier alpha value is -1.15. The summed E-state index contributed by atoms with van der Waals surface area (Å²) in [4.78, 5) is 12.8. The molecule has 1 aliphatic carbocycles. The van der Waals surface area contributed by atoms with E-state index in [9.17, 15) is 8.42 Å². The van der Waals surface area contributed by atoms with E-state index in [0.717, 1.165) is 30.4 Å². The van der Waals surface area contributed by atoms with Crippen LogP contribution in [0.5, 0.6) is 0 Å². The maximum atomic E-state index is 12.3. The van der Waals surface area contributed by atoms with E-state index in [1.807, 2.05) is 18.9 Å². The van der Waals surface area contributed by atoms with Crippen LogP contribution >= 0.6 is 11.3 Å². The van der Waals surface area contributed by atoms with E-state index in [-0.39, 0.29) is 12.3 Å². The van der Waals surface area contributed by atoms with Gasteiger partial charge in [-0.25, -0.2) is 13.4 Å². The van der Waals surface area contributed by atoms with Crippen molar-refractivity contribution in [3.05, 3.63) is 15.6 Å². The van der Waals surface area contributed by atoms with Gasteiger partial charge in [-0.05, 0) is 53.4 Å². The van der Waals surface area contributed by atoms with Gasteiger partial charge >= 0.3 is 0 Å². The summed E-state index contributed by atoms with van der Waals surface area (Å²) >= 11 is 1.80. The predicted octanol–water partition coefficient (Wildman–Crippen LogP) is 2.63. The predicted molar refractivity (Wildman–Crippen MR) is 110 cm³/mol. The molecule has 0 amide bonds. The third kappa shape index (κ3) is 5.42. The van der Waals surface area contributed by atoms with Crippen LogP contribution in [0.25, 0.3) is 0 Å². The van der Waals surface area contributed by atoms with Crippen molar-refractivity contribution in [3.8, 4) is 0 Å². The van der Waals surface area contributed by atoms with Crippen molar-refractivity contribution in [3.63, 3.8) is 0 Å². The summed E-state index contributed by atoms with van der Waals surface area (Å²) in [6.07, 6.45) is 4.74. The number of aliphatic imine (C=N–C) groups is 1. The Morgan fingerprint density at radius 3 is 2.62 bits per heavy atom. The van der Waals surface area contributed by atoms with Crippen LogP contribution in [-0.2, 0) is 29.2 Å². The van der Waals surface area contributed by atoms with Crippen molar-refractivity contribution in [2.75, 3.05) is 25.9 Å². The Kier molecular flexibility index (Phi) is 7.07. The molecule has 0 unspecified atom stereocenters. The highest BCUT2D eigenvalue weighted by molar-refractivity contribution is 7.92. The fourth-order valence-electron chi connectivity index (χ4n) is 2.80. The lowest BCUT2D eigenvalue weighted by molar-refractivity contribution is 0.475. The summed E-state index contributed by atoms with van der Waals surface area (Å²) in [6.45, 7) is 8.89. The number of thiazole rings is 1. The van der Waals surface area contributed by atoms with Crippen LogP contribution in [0.15, 0.2) is 4.99 Å². The molecular weight excluding hydrogens is 368 g/mol. The number of sulfone groups is 1. The van der Waals surface area contributed by atoms with E-state index in [2.05, 4.69) is 10.3 Å². The molecule has 0 saturated carbocycles. The number of hydrogen-bond acceptors (Lipinski definition) is 5. The van der Waals surface area contributed by atoms with Gasteiger partial charge in [-0.2, -0.15) is 0 Å². The number of guanidine groups is 1. The van der Waals surface area contributed by atoms with Crippen LogP contribution in [0.3, 0.4) is 0 Å². The molecule has 0 spiro atoms. The topological polar surface area (TPSA) is 74.7 Å². The fourth-order valence-corrected chi connectivity index (χ4v) is 4.95. The van der Waals surface area contributed by atoms with Gasteiger partial charge < -0.3 is 10.2 Å². The molecule has 6 nitrogen and oxygen atoms in total. The van der Waals surface area contributed by atoms with Gasteiger partial charge in [-0.15, -0.1) is 11.3 Å². The van der Waals surface area contributed by atoms with Gasteiger partial charge in [0.05, 0.1) is 29.3 Å². The molecule has 8 heteroatoms. The van der Waals surface area contributed by atoms with Crippen molar-refractivity contribution < 1.29 is 8.42 Å². The highest BCUT2D eigenvalue weighted by Gasteiger charge is 2.28. The van der Waals surface area contributed by atoms with E-state index in [0.29, 0.717) is 6.54 Å². The van der Waals surface area contributed by atoms with Gasteiger partial charge in [-0.3, -0.25) is 4.99 Å². The molecule has 0 bridgehead atoms. The standard InChI is InChI=1S/C18H32N4O2S2/c1-6-19-17(20-11-12-26(23,24)18(2,3)4)22(5)13-16-21-14-9-7-8-10-15(14)25-16/h6-13H2,1-5H3,(H,19,20). The molecule has 0 aliphatic heterocycles. The molecule has 0 atom stereocenters. The van der Waals surface area contributed by atoms with Gasteiger partial charge in [0.25, 0.3) is 0 Å². The minimum atomic E-state index is -3.16. The summed E-state index contributed by atoms with van der Waals surface area (Å²) in [5.41, 5.74) is 1.27. The van der Waals surface area contributed by atoms with E-state index in [1.54, 1.807) is 32.1 Å². The second-order valence-electron chi connectivity index (χ2n) is 7.71. The summed E-state index contributed by atoms with van der Waals surface area (Å²) < 4.78 is 23.8. The number of rotatable bonds is 6. The summed E-state index contributed by atoms with van der Waals surface area (Å²) in [5.74, 6) is 0.787. The lowest BCUT2D eigenvalue weighted by atomic mass is 10.0. The molecule has 0 radical (unpaired) electrons. The molecule has 0 aromatic carbocycles. The minimum Gasteiger partial charge on any atom is -0.357 e. The number of aryl methyl sites for hydroxylation is 2. The molecule has 0 fully saturated rings. The van der Waals surface area contributed by atoms with Gasteiger partial charge in [0.2, 0.25) is 0 Å². The van der Waals surface area contributed by atoms with E-state index in [4.69, 9.17) is 4.98 Å². The SMILES string of the molecule is CCNC(=NCCS(=O)(=O)C(C)(C)C)N(C)Cc1nc2c(s1)CCCC2. The van der Waals surface area contributed by atoms with E-state index >= 15 is 0 Å². The second-order valence-corrected chi connectivity index (χ2v) is 11.7. The Morgan fingerprint density at radius 1 is 1.31 bits per heavy atom. The third-order valence-corrected chi connectivity index (χ3v) is 8.24. The lowest BCUT2D eigenvalue weighted by Gasteiger charge is -2.22. The van der Waals surface area contributed by atoms with Crippen molar-refractivity contribution in [2.45, 2.75) is 64.7 Å². The average molecular weight is 401 g/mol. The molecule has 1 aromatic heterocycles. The first-order chi connectivity index (χ1) is 12.1. The fraction of sp³-hybridized carbons (Fsp3) is 0.778. The van der Waals surface area contributed by atoms with Crippen LogP contribution in [0.4, 0.5) is 0 Å². The Balaban J connectivity index is 2.02. The van der Waals surface area contributed by atoms with Gasteiger partial charge in [0, 0.05) is 18.5 Å². The van der Waals surface area contributed by atoms with Crippen LogP contribution in [0.2, 0.25) is 0 Å². The first-order valence-electron chi connectivity index (χ1n) is 9.33. The normalized spacial score (nSPS) is 15.7. The van der Waals surface area contributed by atoms with Crippen LogP contribution < -0.4 is 5.32 Å². The second kappa shape index (κ2) is 8.69. The largest absolute Gasteiger partial charge is 0.357 e. The minimum absolute atomic E-state index is 0.0603. The smallest absolute Gasteiger partial charge is 0.194 e. The van der Waals surface area contributed by atoms with Crippen LogP contribution in [0, 0.1) is 0 Å². The molecule has 1 aliphatic rings. The average Bonchev–Trinajstić information content (AvgIpc) is 2.95. The third-order valence-electron chi connectivity index (χ3n) is 4.51. The summed E-state index contributed by atoms with van der Waals surface area (Å²) in [6, 6.07) is 0. The molecule has 2 rings (SSSR count). The molecule has 1 aromatic rings. The lowest BCUT2D eigenvalue weighted by Crippen LogP contribution is -2.39. The highest BCUT2D eigenvalue weighted by Crippen LogP contribution is 2.27. The Labute approximate surface area is 162 Å². The Bertz CT molecular complexity index is 709. The van der Waals surface area contributed by atoms with Gasteiger partial charge in [0.15, 0.2) is 15.8 Å². The van der Waals surface area contributed by atoms with E-state index in [1.165, 1.54) is 23.4 Å². The molecule has 0 saturated heterocycles. The maximum Gasteiger partial charge on any atom is 0.194 e. The maximum absolute atomic E-state index is 12.3. The molecule has 1 N–H and O–H groups in total. The number of nitrogens with zero attached hydrogens (tertiary/aromatic N) is 3. The van der Waals surface area contributed by atoms with Gasteiger partial charge in [0.1, 0.15) is 5.01 Å². The summed E-state index contributed by atoms with van der Waals surface area (Å²) in [5, 5.41) is 4.35. The van der Waals surface area contributed by atoms with Crippen molar-refractivity contribution in [1.29, 1.82) is 0 Å². The Morgan fingerprint density at radius 2 is 2.00 bits per heavy atom. The zero-order chi connectivity index (χ0) is 19.4. The number of fused-ring (bicyclic) bond motifs is 1. The monoisotopic (exact) mass is 400 g/mol. The van der Waals surface area contributed by atoms with Crippen LogP contribution in [0.1, 0.15) is 56.1 Å². The highest BCUT2D eigenvalue weighted by atomic mass is 32.2. The molecule has 1 heterocycles. The zero-order valence-electron chi connectivity index (χ0n) is 16.6. The quantitative estimate of drug-likeness (QED) is 0.587. The van der Waals surface area contributed by atoms with E-state index < -0.39 is 14.6 Å². The number of nitrogens with one attached hydrogen (secondary N) is 1. The van der Waals surface area contributed by atoms with Crippen LogP contribution in [-0.4, -0.2) is 54.9 Å². The molecule has 148 valence electrons. The molecule has 26 heavy (non-hydrogen) atoms.